The van der Waals surface area contributed by atoms with E-state index in [-0.39, 0.29) is 6.29 Å². The third-order valence-corrected chi connectivity index (χ3v) is 7.01. The Morgan fingerprint density at radius 2 is 1.03 bits per heavy atom. The SMILES string of the molecule is CP(=O)(CNC(c1ccccc1)(c1ccccc1)c1ccccc1)OCc1ccccc1. The molecule has 1 N–H and O–H groups in total. The van der Waals surface area contributed by atoms with Crippen LogP contribution in [0.3, 0.4) is 0 Å². The van der Waals surface area contributed by atoms with Crippen LogP contribution >= 0.6 is 7.37 Å². The van der Waals surface area contributed by atoms with E-state index < -0.39 is 12.9 Å². The second-order valence-corrected chi connectivity index (χ2v) is 10.6. The zero-order valence-electron chi connectivity index (χ0n) is 18.2. The molecule has 4 aromatic carbocycles. The Labute approximate surface area is 190 Å². The van der Waals surface area contributed by atoms with E-state index in [1.165, 1.54) is 0 Å². The van der Waals surface area contributed by atoms with Crippen LogP contribution in [0.5, 0.6) is 0 Å². The summed E-state index contributed by atoms with van der Waals surface area (Å²) in [6.45, 7) is 2.03. The van der Waals surface area contributed by atoms with E-state index in [1.807, 2.05) is 84.9 Å². The molecule has 0 heterocycles. The van der Waals surface area contributed by atoms with Crippen molar-refractivity contribution in [3.63, 3.8) is 0 Å². The van der Waals surface area contributed by atoms with Gasteiger partial charge in [-0.2, -0.15) is 0 Å². The first-order chi connectivity index (χ1) is 15.6. The predicted molar refractivity (Wildman–Crippen MR) is 132 cm³/mol. The van der Waals surface area contributed by atoms with Crippen LogP contribution in [0.25, 0.3) is 0 Å². The molecule has 0 aromatic heterocycles. The van der Waals surface area contributed by atoms with Gasteiger partial charge in [0.15, 0.2) is 0 Å². The molecular formula is C28H28NO2P. The highest BCUT2D eigenvalue weighted by molar-refractivity contribution is 7.58. The fraction of sp³-hybridized carbons (Fsp3) is 0.143. The molecule has 0 spiro atoms. The lowest BCUT2D eigenvalue weighted by molar-refractivity contribution is 0.301. The average Bonchev–Trinajstić information content (AvgIpc) is 2.86. The fourth-order valence-corrected chi connectivity index (χ4v) is 5.00. The molecule has 4 aromatic rings. The molecule has 0 fully saturated rings. The van der Waals surface area contributed by atoms with E-state index in [9.17, 15) is 4.57 Å². The van der Waals surface area contributed by atoms with Crippen LogP contribution in [-0.2, 0) is 21.2 Å². The summed E-state index contributed by atoms with van der Waals surface area (Å²) in [5.41, 5.74) is 3.60. The average molecular weight is 442 g/mol. The van der Waals surface area contributed by atoms with Crippen LogP contribution in [0.4, 0.5) is 0 Å². The second-order valence-electron chi connectivity index (χ2n) is 7.96. The Morgan fingerprint density at radius 3 is 1.44 bits per heavy atom. The predicted octanol–water partition coefficient (Wildman–Crippen LogP) is 6.65. The van der Waals surface area contributed by atoms with Gasteiger partial charge in [0.25, 0.3) is 0 Å². The molecule has 4 rings (SSSR count). The smallest absolute Gasteiger partial charge is 0.213 e. The summed E-state index contributed by atoms with van der Waals surface area (Å²) in [5, 5.41) is 3.67. The van der Waals surface area contributed by atoms with E-state index in [1.54, 1.807) is 6.66 Å². The molecule has 0 amide bonds. The monoisotopic (exact) mass is 441 g/mol. The van der Waals surface area contributed by atoms with Crippen molar-refractivity contribution < 1.29 is 9.09 Å². The first-order valence-electron chi connectivity index (χ1n) is 10.8. The fourth-order valence-electron chi connectivity index (χ4n) is 3.96. The molecule has 4 heteroatoms. The van der Waals surface area contributed by atoms with Gasteiger partial charge >= 0.3 is 0 Å². The maximum absolute atomic E-state index is 13.4. The molecule has 162 valence electrons. The topological polar surface area (TPSA) is 38.3 Å². The van der Waals surface area contributed by atoms with Gasteiger partial charge in [0.2, 0.25) is 7.37 Å². The maximum atomic E-state index is 13.4. The van der Waals surface area contributed by atoms with Crippen molar-refractivity contribution in [1.82, 2.24) is 5.32 Å². The van der Waals surface area contributed by atoms with Crippen molar-refractivity contribution in [2.45, 2.75) is 12.1 Å². The summed E-state index contributed by atoms with van der Waals surface area (Å²) in [6, 6.07) is 40.8. The molecule has 0 radical (unpaired) electrons. The van der Waals surface area contributed by atoms with Gasteiger partial charge in [0.05, 0.1) is 18.4 Å². The van der Waals surface area contributed by atoms with Crippen LogP contribution in [0, 0.1) is 0 Å². The van der Waals surface area contributed by atoms with Crippen LogP contribution < -0.4 is 5.32 Å². The zero-order chi connectivity index (χ0) is 22.3. The number of nitrogens with one attached hydrogen (secondary N) is 1. The van der Waals surface area contributed by atoms with E-state index >= 15 is 0 Å². The Bertz CT molecular complexity index is 1050. The zero-order valence-corrected chi connectivity index (χ0v) is 19.1. The third kappa shape index (κ3) is 5.08. The van der Waals surface area contributed by atoms with Gasteiger partial charge in [-0.1, -0.05) is 121 Å². The van der Waals surface area contributed by atoms with E-state index in [2.05, 4.69) is 41.7 Å². The number of hydrogen-bond acceptors (Lipinski definition) is 3. The van der Waals surface area contributed by atoms with E-state index in [4.69, 9.17) is 4.52 Å². The molecule has 0 aliphatic rings. The Morgan fingerprint density at radius 1 is 0.656 bits per heavy atom. The third-order valence-electron chi connectivity index (χ3n) is 5.60. The molecule has 0 bridgehead atoms. The quantitative estimate of drug-likeness (QED) is 0.233. The molecule has 0 aliphatic heterocycles. The Hall–Kier alpha value is -2.97. The van der Waals surface area contributed by atoms with Crippen molar-refractivity contribution in [3.05, 3.63) is 144 Å². The van der Waals surface area contributed by atoms with Gasteiger partial charge in [-0.25, -0.2) is 0 Å². The van der Waals surface area contributed by atoms with Crippen molar-refractivity contribution in [1.29, 1.82) is 0 Å². The minimum atomic E-state index is -2.93. The summed E-state index contributed by atoms with van der Waals surface area (Å²) in [5.74, 6) is 0. The van der Waals surface area contributed by atoms with Crippen molar-refractivity contribution in [2.75, 3.05) is 13.0 Å². The lowest BCUT2D eigenvalue weighted by atomic mass is 9.77. The highest BCUT2D eigenvalue weighted by Gasteiger charge is 2.37. The molecular weight excluding hydrogens is 413 g/mol. The molecule has 1 atom stereocenters. The van der Waals surface area contributed by atoms with Gasteiger partial charge in [-0.15, -0.1) is 0 Å². The molecule has 0 saturated carbocycles. The summed E-state index contributed by atoms with van der Waals surface area (Å²) in [4.78, 5) is 0. The van der Waals surface area contributed by atoms with Crippen molar-refractivity contribution in [3.8, 4) is 0 Å². The molecule has 32 heavy (non-hydrogen) atoms. The first kappa shape index (κ1) is 22.2. The minimum absolute atomic E-state index is 0.235. The van der Waals surface area contributed by atoms with E-state index in [0.717, 1.165) is 22.3 Å². The summed E-state index contributed by atoms with van der Waals surface area (Å²) >= 11 is 0. The molecule has 3 nitrogen and oxygen atoms in total. The largest absolute Gasteiger partial charge is 0.323 e. The maximum Gasteiger partial charge on any atom is 0.213 e. The number of benzene rings is 4. The van der Waals surface area contributed by atoms with Crippen LogP contribution in [0.2, 0.25) is 0 Å². The first-order valence-corrected chi connectivity index (χ1v) is 13.0. The molecule has 0 saturated heterocycles. The minimum Gasteiger partial charge on any atom is -0.323 e. The summed E-state index contributed by atoms with van der Waals surface area (Å²) in [7, 11) is -2.93. The van der Waals surface area contributed by atoms with Crippen molar-refractivity contribution in [2.24, 2.45) is 0 Å². The Balaban J connectivity index is 1.70. The lowest BCUT2D eigenvalue weighted by Gasteiger charge is -2.37. The van der Waals surface area contributed by atoms with Gasteiger partial charge in [0, 0.05) is 6.66 Å². The molecule has 0 aliphatic carbocycles. The standard InChI is InChI=1S/C28H28NO2P/c1-32(30,31-22-24-14-6-2-7-15-24)23-29-28(25-16-8-3-9-17-25,26-18-10-4-11-19-26)27-20-12-5-13-21-27/h2-21,29H,22-23H2,1H3. The van der Waals surface area contributed by atoms with Gasteiger partial charge < -0.3 is 4.52 Å². The molecule has 1 unspecified atom stereocenters. The van der Waals surface area contributed by atoms with Gasteiger partial charge in [0.1, 0.15) is 0 Å². The van der Waals surface area contributed by atoms with Crippen LogP contribution in [0.15, 0.2) is 121 Å². The highest BCUT2D eigenvalue weighted by Crippen LogP contribution is 2.45. The van der Waals surface area contributed by atoms with Gasteiger partial charge in [-0.05, 0) is 22.3 Å². The normalized spacial score (nSPS) is 13.4. The van der Waals surface area contributed by atoms with Gasteiger partial charge in [-0.3, -0.25) is 9.88 Å². The highest BCUT2D eigenvalue weighted by atomic mass is 31.2. The number of hydrogen-bond donors (Lipinski definition) is 1. The van der Waals surface area contributed by atoms with E-state index in [0.29, 0.717) is 6.61 Å². The lowest BCUT2D eigenvalue weighted by Crippen LogP contribution is -2.45. The summed E-state index contributed by atoms with van der Waals surface area (Å²) in [6.07, 6.45) is 0.235. The van der Waals surface area contributed by atoms with Crippen LogP contribution in [0.1, 0.15) is 22.3 Å². The number of rotatable bonds is 9. The second kappa shape index (κ2) is 10.1. The van der Waals surface area contributed by atoms with Crippen molar-refractivity contribution >= 4 is 7.37 Å². The summed E-state index contributed by atoms with van der Waals surface area (Å²) < 4.78 is 19.4. The van der Waals surface area contributed by atoms with Crippen LogP contribution in [-0.4, -0.2) is 13.0 Å². The Kier molecular flexibility index (Phi) is 7.02.